The first-order valence-electron chi connectivity index (χ1n) is 6.29. The van der Waals surface area contributed by atoms with E-state index in [-0.39, 0.29) is 0 Å². The van der Waals surface area contributed by atoms with Gasteiger partial charge in [-0.2, -0.15) is 0 Å². The second-order valence-electron chi connectivity index (χ2n) is 4.59. The van der Waals surface area contributed by atoms with Gasteiger partial charge in [-0.15, -0.1) is 0 Å². The average molecular weight is 198 g/mol. The molecule has 0 aromatic carbocycles. The number of likely N-dealkylation sites (tertiary alicyclic amines) is 1. The summed E-state index contributed by atoms with van der Waals surface area (Å²) < 4.78 is 0. The Hall–Kier alpha value is -0.0800. The summed E-state index contributed by atoms with van der Waals surface area (Å²) in [6.45, 7) is 7.16. The van der Waals surface area contributed by atoms with Crippen LogP contribution in [0, 0.1) is 5.92 Å². The van der Waals surface area contributed by atoms with Crippen LogP contribution in [-0.4, -0.2) is 31.1 Å². The zero-order chi connectivity index (χ0) is 10.2. The van der Waals surface area contributed by atoms with Crippen LogP contribution in [0.4, 0.5) is 0 Å². The SMILES string of the molecule is CCCC1CCN(CCCCCN)C1. The van der Waals surface area contributed by atoms with Crippen molar-refractivity contribution in [2.75, 3.05) is 26.2 Å². The van der Waals surface area contributed by atoms with Gasteiger partial charge in [0, 0.05) is 6.54 Å². The molecule has 1 heterocycles. The fraction of sp³-hybridized carbons (Fsp3) is 1.00. The highest BCUT2D eigenvalue weighted by Crippen LogP contribution is 2.20. The quantitative estimate of drug-likeness (QED) is 0.636. The third kappa shape index (κ3) is 4.43. The van der Waals surface area contributed by atoms with Crippen molar-refractivity contribution in [2.24, 2.45) is 11.7 Å². The minimum Gasteiger partial charge on any atom is -0.330 e. The van der Waals surface area contributed by atoms with Crippen molar-refractivity contribution in [2.45, 2.75) is 45.4 Å². The maximum Gasteiger partial charge on any atom is 0.00101 e. The predicted octanol–water partition coefficient (Wildman–Crippen LogP) is 2.24. The monoisotopic (exact) mass is 198 g/mol. The Labute approximate surface area is 88.8 Å². The lowest BCUT2D eigenvalue weighted by atomic mass is 10.0. The molecule has 1 atom stereocenters. The highest BCUT2D eigenvalue weighted by Gasteiger charge is 2.20. The minimum atomic E-state index is 0.860. The molecule has 2 heteroatoms. The second kappa shape index (κ2) is 7.24. The summed E-state index contributed by atoms with van der Waals surface area (Å²) in [5.41, 5.74) is 5.47. The van der Waals surface area contributed by atoms with Crippen LogP contribution in [0.1, 0.15) is 45.4 Å². The van der Waals surface area contributed by atoms with Gasteiger partial charge in [0.1, 0.15) is 0 Å². The van der Waals surface area contributed by atoms with Gasteiger partial charge < -0.3 is 10.6 Å². The van der Waals surface area contributed by atoms with E-state index in [1.165, 1.54) is 58.2 Å². The van der Waals surface area contributed by atoms with Crippen LogP contribution in [0.25, 0.3) is 0 Å². The number of unbranched alkanes of at least 4 members (excludes halogenated alkanes) is 2. The van der Waals surface area contributed by atoms with Crippen molar-refractivity contribution in [3.8, 4) is 0 Å². The summed E-state index contributed by atoms with van der Waals surface area (Å²) in [5, 5.41) is 0. The number of hydrogen-bond acceptors (Lipinski definition) is 2. The van der Waals surface area contributed by atoms with Gasteiger partial charge in [0.25, 0.3) is 0 Å². The molecular weight excluding hydrogens is 172 g/mol. The minimum absolute atomic E-state index is 0.860. The number of nitrogens with two attached hydrogens (primary N) is 1. The van der Waals surface area contributed by atoms with Crippen molar-refractivity contribution in [1.29, 1.82) is 0 Å². The van der Waals surface area contributed by atoms with Crippen molar-refractivity contribution in [3.05, 3.63) is 0 Å². The van der Waals surface area contributed by atoms with E-state index in [2.05, 4.69) is 11.8 Å². The number of nitrogens with zero attached hydrogens (tertiary/aromatic N) is 1. The molecule has 1 unspecified atom stereocenters. The zero-order valence-corrected chi connectivity index (χ0v) is 9.67. The standard InChI is InChI=1S/C12H26N2/c1-2-6-12-7-10-14(11-12)9-5-3-4-8-13/h12H,2-11,13H2,1H3. The topological polar surface area (TPSA) is 29.3 Å². The van der Waals surface area contributed by atoms with Gasteiger partial charge in [0.2, 0.25) is 0 Å². The Morgan fingerprint density at radius 1 is 1.29 bits per heavy atom. The van der Waals surface area contributed by atoms with E-state index in [1.807, 2.05) is 0 Å². The highest BCUT2D eigenvalue weighted by atomic mass is 15.1. The van der Waals surface area contributed by atoms with E-state index in [1.54, 1.807) is 0 Å². The fourth-order valence-electron chi connectivity index (χ4n) is 2.42. The molecule has 0 radical (unpaired) electrons. The molecule has 0 spiro atoms. The van der Waals surface area contributed by atoms with E-state index in [4.69, 9.17) is 5.73 Å². The van der Waals surface area contributed by atoms with Gasteiger partial charge in [-0.25, -0.2) is 0 Å². The maximum atomic E-state index is 5.47. The Bertz CT molecular complexity index is 136. The lowest BCUT2D eigenvalue weighted by Gasteiger charge is -2.15. The first-order chi connectivity index (χ1) is 6.86. The van der Waals surface area contributed by atoms with Gasteiger partial charge in [0.05, 0.1) is 0 Å². The van der Waals surface area contributed by atoms with Crippen LogP contribution in [-0.2, 0) is 0 Å². The summed E-state index contributed by atoms with van der Waals surface area (Å²) >= 11 is 0. The largest absolute Gasteiger partial charge is 0.330 e. The van der Waals surface area contributed by atoms with Crippen LogP contribution in [0.5, 0.6) is 0 Å². The first-order valence-corrected chi connectivity index (χ1v) is 6.29. The molecule has 2 N–H and O–H groups in total. The first kappa shape index (κ1) is 12.0. The molecule has 1 fully saturated rings. The molecule has 0 aromatic heterocycles. The third-order valence-electron chi connectivity index (χ3n) is 3.25. The molecule has 14 heavy (non-hydrogen) atoms. The van der Waals surface area contributed by atoms with Crippen LogP contribution in [0.15, 0.2) is 0 Å². The lowest BCUT2D eigenvalue weighted by Crippen LogP contribution is -2.22. The molecule has 0 saturated carbocycles. The molecule has 0 amide bonds. The van der Waals surface area contributed by atoms with Crippen LogP contribution in [0.3, 0.4) is 0 Å². The highest BCUT2D eigenvalue weighted by molar-refractivity contribution is 4.74. The lowest BCUT2D eigenvalue weighted by molar-refractivity contribution is 0.312. The summed E-state index contributed by atoms with van der Waals surface area (Å²) in [5.74, 6) is 0.995. The normalized spacial score (nSPS) is 23.1. The van der Waals surface area contributed by atoms with Crippen LogP contribution >= 0.6 is 0 Å². The second-order valence-corrected chi connectivity index (χ2v) is 4.59. The molecule has 84 valence electrons. The average Bonchev–Trinajstić information content (AvgIpc) is 2.61. The number of hydrogen-bond donors (Lipinski definition) is 1. The van der Waals surface area contributed by atoms with E-state index >= 15 is 0 Å². The molecular formula is C12H26N2. The van der Waals surface area contributed by atoms with Crippen molar-refractivity contribution in [1.82, 2.24) is 4.90 Å². The Morgan fingerprint density at radius 2 is 2.14 bits per heavy atom. The van der Waals surface area contributed by atoms with Crippen LogP contribution < -0.4 is 5.73 Å². The molecule has 1 aliphatic rings. The zero-order valence-electron chi connectivity index (χ0n) is 9.67. The molecule has 0 bridgehead atoms. The number of rotatable bonds is 7. The van der Waals surface area contributed by atoms with Crippen molar-refractivity contribution >= 4 is 0 Å². The van der Waals surface area contributed by atoms with Crippen LogP contribution in [0.2, 0.25) is 0 Å². The smallest absolute Gasteiger partial charge is 0.00101 e. The molecule has 1 rings (SSSR count). The Balaban J connectivity index is 1.98. The van der Waals surface area contributed by atoms with Gasteiger partial charge >= 0.3 is 0 Å². The van der Waals surface area contributed by atoms with E-state index < -0.39 is 0 Å². The predicted molar refractivity (Wildman–Crippen MR) is 62.4 cm³/mol. The molecule has 1 aliphatic heterocycles. The third-order valence-corrected chi connectivity index (χ3v) is 3.25. The summed E-state index contributed by atoms with van der Waals surface area (Å²) in [4.78, 5) is 2.64. The molecule has 1 saturated heterocycles. The van der Waals surface area contributed by atoms with Gasteiger partial charge in [0.15, 0.2) is 0 Å². The van der Waals surface area contributed by atoms with Gasteiger partial charge in [-0.3, -0.25) is 0 Å². The molecule has 0 aliphatic carbocycles. The van der Waals surface area contributed by atoms with E-state index in [0.29, 0.717) is 0 Å². The van der Waals surface area contributed by atoms with Crippen molar-refractivity contribution < 1.29 is 0 Å². The molecule has 2 nitrogen and oxygen atoms in total. The van der Waals surface area contributed by atoms with Gasteiger partial charge in [-0.1, -0.05) is 19.8 Å². The van der Waals surface area contributed by atoms with Gasteiger partial charge in [-0.05, 0) is 51.2 Å². The van der Waals surface area contributed by atoms with Crippen molar-refractivity contribution in [3.63, 3.8) is 0 Å². The summed E-state index contributed by atoms with van der Waals surface area (Å²) in [6.07, 6.45) is 8.07. The van der Waals surface area contributed by atoms with E-state index in [0.717, 1.165) is 12.5 Å². The Kier molecular flexibility index (Phi) is 6.20. The fourth-order valence-corrected chi connectivity index (χ4v) is 2.42. The molecule has 0 aromatic rings. The van der Waals surface area contributed by atoms with E-state index in [9.17, 15) is 0 Å². The summed E-state index contributed by atoms with van der Waals surface area (Å²) in [7, 11) is 0. The summed E-state index contributed by atoms with van der Waals surface area (Å²) in [6, 6.07) is 0. The maximum absolute atomic E-state index is 5.47. The Morgan fingerprint density at radius 3 is 2.86 bits per heavy atom.